The van der Waals surface area contributed by atoms with Crippen molar-refractivity contribution in [2.75, 3.05) is 18.0 Å². The van der Waals surface area contributed by atoms with Gasteiger partial charge in [0.15, 0.2) is 0 Å². The third-order valence-electron chi connectivity index (χ3n) is 3.04. The van der Waals surface area contributed by atoms with E-state index in [0.29, 0.717) is 13.1 Å². The van der Waals surface area contributed by atoms with Crippen molar-refractivity contribution in [3.05, 3.63) is 24.1 Å². The first-order valence-corrected chi connectivity index (χ1v) is 5.10. The maximum atomic E-state index is 12.6. The molecule has 0 atom stereocenters. The number of anilines is 1. The van der Waals surface area contributed by atoms with Crippen molar-refractivity contribution in [1.29, 1.82) is 0 Å². The van der Waals surface area contributed by atoms with Crippen LogP contribution in [-0.2, 0) is 0 Å². The summed E-state index contributed by atoms with van der Waals surface area (Å²) in [4.78, 5) is 5.91. The van der Waals surface area contributed by atoms with Crippen molar-refractivity contribution in [2.24, 2.45) is 5.92 Å². The van der Waals surface area contributed by atoms with Gasteiger partial charge in [-0.1, -0.05) is 13.8 Å². The molecular formula is C11H15FN2O. The average molecular weight is 210 g/mol. The van der Waals surface area contributed by atoms with Gasteiger partial charge in [0.2, 0.25) is 0 Å². The quantitative estimate of drug-likeness (QED) is 0.802. The lowest BCUT2D eigenvalue weighted by Gasteiger charge is -2.49. The van der Waals surface area contributed by atoms with E-state index in [1.165, 1.54) is 12.3 Å². The molecule has 1 N–H and O–H groups in total. The van der Waals surface area contributed by atoms with E-state index in [0.717, 1.165) is 5.82 Å². The maximum Gasteiger partial charge on any atom is 0.141 e. The van der Waals surface area contributed by atoms with E-state index in [4.69, 9.17) is 0 Å². The van der Waals surface area contributed by atoms with Gasteiger partial charge in [0.1, 0.15) is 17.2 Å². The van der Waals surface area contributed by atoms with Crippen LogP contribution in [0.3, 0.4) is 0 Å². The van der Waals surface area contributed by atoms with Gasteiger partial charge in [-0.2, -0.15) is 0 Å². The van der Waals surface area contributed by atoms with Crippen LogP contribution in [-0.4, -0.2) is 28.8 Å². The molecule has 1 fully saturated rings. The Hall–Kier alpha value is -1.16. The SMILES string of the molecule is CC(C)C1(O)CN(c2ccc(F)cn2)C1. The van der Waals surface area contributed by atoms with E-state index in [2.05, 4.69) is 4.98 Å². The van der Waals surface area contributed by atoms with Gasteiger partial charge in [0.05, 0.1) is 19.3 Å². The molecule has 1 aromatic rings. The van der Waals surface area contributed by atoms with E-state index in [1.807, 2.05) is 18.7 Å². The Labute approximate surface area is 88.6 Å². The Bertz CT molecular complexity index is 344. The van der Waals surface area contributed by atoms with Crippen molar-refractivity contribution >= 4 is 5.82 Å². The minimum absolute atomic E-state index is 0.231. The number of aromatic nitrogens is 1. The molecule has 0 aliphatic carbocycles. The zero-order valence-electron chi connectivity index (χ0n) is 8.94. The van der Waals surface area contributed by atoms with Gasteiger partial charge in [-0.25, -0.2) is 9.37 Å². The number of β-amino-alcohol motifs (C(OH)–C–C–N with tert-alkyl or cyclic N) is 1. The van der Waals surface area contributed by atoms with Crippen molar-refractivity contribution in [3.63, 3.8) is 0 Å². The predicted molar refractivity (Wildman–Crippen MR) is 56.2 cm³/mol. The standard InChI is InChI=1S/C11H15FN2O/c1-8(2)11(15)6-14(7-11)10-4-3-9(12)5-13-10/h3-5,8,15H,6-7H2,1-2H3. The van der Waals surface area contributed by atoms with E-state index in [-0.39, 0.29) is 11.7 Å². The average Bonchev–Trinajstić information content (AvgIpc) is 2.14. The number of rotatable bonds is 2. The van der Waals surface area contributed by atoms with Crippen LogP contribution in [0.4, 0.5) is 10.2 Å². The fraction of sp³-hybridized carbons (Fsp3) is 0.545. The lowest BCUT2D eigenvalue weighted by Crippen LogP contribution is -2.65. The third kappa shape index (κ3) is 1.81. The van der Waals surface area contributed by atoms with Crippen LogP contribution >= 0.6 is 0 Å². The molecule has 0 amide bonds. The highest BCUT2D eigenvalue weighted by Crippen LogP contribution is 2.31. The van der Waals surface area contributed by atoms with Crippen LogP contribution in [0.5, 0.6) is 0 Å². The fourth-order valence-electron chi connectivity index (χ4n) is 1.70. The van der Waals surface area contributed by atoms with Crippen molar-refractivity contribution in [2.45, 2.75) is 19.4 Å². The first-order valence-electron chi connectivity index (χ1n) is 5.10. The summed E-state index contributed by atoms with van der Waals surface area (Å²) in [6, 6.07) is 3.02. The highest BCUT2D eigenvalue weighted by molar-refractivity contribution is 5.43. The molecule has 1 aliphatic heterocycles. The lowest BCUT2D eigenvalue weighted by atomic mass is 9.83. The lowest BCUT2D eigenvalue weighted by molar-refractivity contribution is -0.0304. The van der Waals surface area contributed by atoms with Crippen LogP contribution in [0, 0.1) is 11.7 Å². The molecule has 1 saturated heterocycles. The van der Waals surface area contributed by atoms with Gasteiger partial charge in [0, 0.05) is 0 Å². The summed E-state index contributed by atoms with van der Waals surface area (Å²) in [7, 11) is 0. The molecule has 2 rings (SSSR count). The Morgan fingerprint density at radius 2 is 2.13 bits per heavy atom. The first-order chi connectivity index (χ1) is 7.01. The Kier molecular flexibility index (Phi) is 2.38. The summed E-state index contributed by atoms with van der Waals surface area (Å²) in [5.74, 6) is 0.620. The minimum atomic E-state index is -0.615. The summed E-state index contributed by atoms with van der Waals surface area (Å²) in [5.41, 5.74) is -0.615. The maximum absolute atomic E-state index is 12.6. The molecule has 1 aromatic heterocycles. The summed E-state index contributed by atoms with van der Waals surface area (Å²) in [6.07, 6.45) is 1.20. The monoisotopic (exact) mass is 210 g/mol. The van der Waals surface area contributed by atoms with E-state index in [1.54, 1.807) is 6.07 Å². The summed E-state index contributed by atoms with van der Waals surface area (Å²) < 4.78 is 12.6. The topological polar surface area (TPSA) is 36.4 Å². The Balaban J connectivity index is 2.03. The first kappa shape index (κ1) is 10.4. The molecule has 0 radical (unpaired) electrons. The molecule has 4 heteroatoms. The number of aliphatic hydroxyl groups is 1. The number of halogens is 1. The molecule has 1 aliphatic rings. The molecular weight excluding hydrogens is 195 g/mol. The second-order valence-corrected chi connectivity index (χ2v) is 4.45. The zero-order valence-corrected chi connectivity index (χ0v) is 8.94. The van der Waals surface area contributed by atoms with Gasteiger partial charge >= 0.3 is 0 Å². The largest absolute Gasteiger partial charge is 0.386 e. The number of nitrogens with zero attached hydrogens (tertiary/aromatic N) is 2. The minimum Gasteiger partial charge on any atom is -0.386 e. The normalized spacial score (nSPS) is 19.1. The van der Waals surface area contributed by atoms with Gasteiger partial charge in [-0.3, -0.25) is 0 Å². The van der Waals surface area contributed by atoms with E-state index >= 15 is 0 Å². The number of hydrogen-bond acceptors (Lipinski definition) is 3. The van der Waals surface area contributed by atoms with Crippen molar-refractivity contribution in [1.82, 2.24) is 4.98 Å². The molecule has 2 heterocycles. The molecule has 15 heavy (non-hydrogen) atoms. The third-order valence-corrected chi connectivity index (χ3v) is 3.04. The van der Waals surface area contributed by atoms with E-state index < -0.39 is 5.60 Å². The molecule has 0 aromatic carbocycles. The van der Waals surface area contributed by atoms with Crippen molar-refractivity contribution < 1.29 is 9.50 Å². The molecule has 0 saturated carbocycles. The zero-order chi connectivity index (χ0) is 11.1. The van der Waals surface area contributed by atoms with Crippen LogP contribution in [0.1, 0.15) is 13.8 Å². The highest BCUT2D eigenvalue weighted by atomic mass is 19.1. The van der Waals surface area contributed by atoms with Gasteiger partial charge in [0.25, 0.3) is 0 Å². The molecule has 3 nitrogen and oxygen atoms in total. The summed E-state index contributed by atoms with van der Waals surface area (Å²) in [6.45, 7) is 5.14. The van der Waals surface area contributed by atoms with Crippen LogP contribution in [0.15, 0.2) is 18.3 Å². The van der Waals surface area contributed by atoms with Gasteiger partial charge in [-0.15, -0.1) is 0 Å². The second-order valence-electron chi connectivity index (χ2n) is 4.45. The second kappa shape index (κ2) is 3.45. The Morgan fingerprint density at radius 1 is 1.47 bits per heavy atom. The fourth-order valence-corrected chi connectivity index (χ4v) is 1.70. The van der Waals surface area contributed by atoms with Gasteiger partial charge < -0.3 is 10.0 Å². The smallest absolute Gasteiger partial charge is 0.141 e. The van der Waals surface area contributed by atoms with Gasteiger partial charge in [-0.05, 0) is 18.1 Å². The van der Waals surface area contributed by atoms with E-state index in [9.17, 15) is 9.50 Å². The number of hydrogen-bond donors (Lipinski definition) is 1. The summed E-state index contributed by atoms with van der Waals surface area (Å²) >= 11 is 0. The van der Waals surface area contributed by atoms with Crippen molar-refractivity contribution in [3.8, 4) is 0 Å². The molecule has 0 unspecified atom stereocenters. The van der Waals surface area contributed by atoms with Crippen LogP contribution in [0.25, 0.3) is 0 Å². The predicted octanol–water partition coefficient (Wildman–Crippen LogP) is 1.43. The van der Waals surface area contributed by atoms with Crippen LogP contribution in [0.2, 0.25) is 0 Å². The molecule has 82 valence electrons. The highest BCUT2D eigenvalue weighted by Gasteiger charge is 2.44. The summed E-state index contributed by atoms with van der Waals surface area (Å²) in [5, 5.41) is 10.0. The van der Waals surface area contributed by atoms with Crippen LogP contribution < -0.4 is 4.90 Å². The molecule has 0 spiro atoms. The number of pyridine rings is 1. The Morgan fingerprint density at radius 3 is 2.60 bits per heavy atom. The molecule has 0 bridgehead atoms.